The highest BCUT2D eigenvalue weighted by atomic mass is 16.3. The highest BCUT2D eigenvalue weighted by Gasteiger charge is 2.31. The van der Waals surface area contributed by atoms with Crippen LogP contribution in [0.5, 0.6) is 0 Å². The molecule has 0 saturated carbocycles. The fourth-order valence-corrected chi connectivity index (χ4v) is 2.59. The molecule has 0 aliphatic heterocycles. The van der Waals surface area contributed by atoms with Crippen LogP contribution in [0.3, 0.4) is 0 Å². The SMILES string of the molecule is Cc1ccc(C)c(CC(CO)(CO)c2ccccc2)c1. The van der Waals surface area contributed by atoms with Gasteiger partial charge in [-0.1, -0.05) is 54.1 Å². The minimum Gasteiger partial charge on any atom is -0.395 e. The summed E-state index contributed by atoms with van der Waals surface area (Å²) < 4.78 is 0. The van der Waals surface area contributed by atoms with Gasteiger partial charge >= 0.3 is 0 Å². The van der Waals surface area contributed by atoms with Gasteiger partial charge in [-0.05, 0) is 37.0 Å². The summed E-state index contributed by atoms with van der Waals surface area (Å²) in [4.78, 5) is 0. The molecule has 0 aliphatic carbocycles. The van der Waals surface area contributed by atoms with Gasteiger partial charge < -0.3 is 10.2 Å². The summed E-state index contributed by atoms with van der Waals surface area (Å²) in [6.45, 7) is 3.99. The third kappa shape index (κ3) is 2.92. The Labute approximate surface area is 120 Å². The zero-order valence-electron chi connectivity index (χ0n) is 12.1. The van der Waals surface area contributed by atoms with E-state index in [1.807, 2.05) is 30.3 Å². The van der Waals surface area contributed by atoms with Crippen LogP contribution in [0.1, 0.15) is 22.3 Å². The van der Waals surface area contributed by atoms with E-state index in [4.69, 9.17) is 0 Å². The lowest BCUT2D eigenvalue weighted by molar-refractivity contribution is 0.116. The van der Waals surface area contributed by atoms with Gasteiger partial charge in [0, 0.05) is 5.41 Å². The maximum atomic E-state index is 9.89. The number of hydrogen-bond donors (Lipinski definition) is 2. The molecule has 2 N–H and O–H groups in total. The van der Waals surface area contributed by atoms with Gasteiger partial charge in [-0.2, -0.15) is 0 Å². The molecule has 0 spiro atoms. The van der Waals surface area contributed by atoms with Crippen LogP contribution in [-0.4, -0.2) is 23.4 Å². The standard InChI is InChI=1S/C18H22O2/c1-14-8-9-15(2)16(10-14)11-18(12-19,13-20)17-6-4-3-5-7-17/h3-10,19-20H,11-13H2,1-2H3. The molecule has 106 valence electrons. The van der Waals surface area contributed by atoms with Crippen molar-refractivity contribution in [3.05, 3.63) is 70.8 Å². The molecule has 0 atom stereocenters. The molecule has 0 aliphatic rings. The molecule has 0 unspecified atom stereocenters. The predicted molar refractivity (Wildman–Crippen MR) is 81.9 cm³/mol. The smallest absolute Gasteiger partial charge is 0.0553 e. The van der Waals surface area contributed by atoms with Gasteiger partial charge in [0.2, 0.25) is 0 Å². The van der Waals surface area contributed by atoms with E-state index in [1.54, 1.807) is 0 Å². The van der Waals surface area contributed by atoms with Gasteiger partial charge in [0.05, 0.1) is 13.2 Å². The summed E-state index contributed by atoms with van der Waals surface area (Å²) in [7, 11) is 0. The second-order valence-electron chi connectivity index (χ2n) is 5.57. The summed E-state index contributed by atoms with van der Waals surface area (Å²) in [5, 5.41) is 19.8. The minimum absolute atomic E-state index is 0.0686. The van der Waals surface area contributed by atoms with Crippen LogP contribution in [-0.2, 0) is 11.8 Å². The average molecular weight is 270 g/mol. The zero-order chi connectivity index (χ0) is 14.6. The summed E-state index contributed by atoms with van der Waals surface area (Å²) in [6.07, 6.45) is 0.636. The Morgan fingerprint density at radius 3 is 2.15 bits per heavy atom. The van der Waals surface area contributed by atoms with Gasteiger partial charge in [-0.25, -0.2) is 0 Å². The second-order valence-corrected chi connectivity index (χ2v) is 5.57. The van der Waals surface area contributed by atoms with Crippen molar-refractivity contribution in [2.45, 2.75) is 25.7 Å². The quantitative estimate of drug-likeness (QED) is 0.877. The van der Waals surface area contributed by atoms with Crippen molar-refractivity contribution in [3.8, 4) is 0 Å². The molecule has 0 amide bonds. The molecule has 0 bridgehead atoms. The van der Waals surface area contributed by atoms with Crippen LogP contribution in [0.2, 0.25) is 0 Å². The zero-order valence-corrected chi connectivity index (χ0v) is 12.1. The van der Waals surface area contributed by atoms with E-state index in [1.165, 1.54) is 16.7 Å². The number of hydrogen-bond acceptors (Lipinski definition) is 2. The first-order chi connectivity index (χ1) is 9.61. The summed E-state index contributed by atoms with van der Waals surface area (Å²) in [5.74, 6) is 0. The highest BCUT2D eigenvalue weighted by molar-refractivity contribution is 5.35. The van der Waals surface area contributed by atoms with Crippen LogP contribution < -0.4 is 0 Å². The fraction of sp³-hybridized carbons (Fsp3) is 0.333. The number of aliphatic hydroxyl groups is 2. The van der Waals surface area contributed by atoms with Crippen LogP contribution in [0, 0.1) is 13.8 Å². The van der Waals surface area contributed by atoms with Crippen LogP contribution in [0.4, 0.5) is 0 Å². The molecule has 2 aromatic carbocycles. The van der Waals surface area contributed by atoms with Crippen molar-refractivity contribution in [1.82, 2.24) is 0 Å². The average Bonchev–Trinajstić information content (AvgIpc) is 2.49. The molecule has 20 heavy (non-hydrogen) atoms. The molecule has 2 rings (SSSR count). The van der Waals surface area contributed by atoms with E-state index in [0.29, 0.717) is 6.42 Å². The van der Waals surface area contributed by atoms with E-state index in [-0.39, 0.29) is 13.2 Å². The first kappa shape index (κ1) is 14.8. The third-order valence-corrected chi connectivity index (χ3v) is 4.02. The van der Waals surface area contributed by atoms with Crippen LogP contribution in [0.15, 0.2) is 48.5 Å². The predicted octanol–water partition coefficient (Wildman–Crippen LogP) is 2.77. The van der Waals surface area contributed by atoms with Crippen molar-refractivity contribution in [2.75, 3.05) is 13.2 Å². The Bertz CT molecular complexity index is 557. The topological polar surface area (TPSA) is 40.5 Å². The van der Waals surface area contributed by atoms with Crippen molar-refractivity contribution >= 4 is 0 Å². The molecule has 0 saturated heterocycles. The lowest BCUT2D eigenvalue weighted by Gasteiger charge is -2.31. The van der Waals surface area contributed by atoms with Crippen molar-refractivity contribution in [2.24, 2.45) is 0 Å². The van der Waals surface area contributed by atoms with Crippen LogP contribution in [0.25, 0.3) is 0 Å². The normalized spacial score (nSPS) is 11.6. The summed E-state index contributed by atoms with van der Waals surface area (Å²) >= 11 is 0. The van der Waals surface area contributed by atoms with Gasteiger partial charge in [-0.3, -0.25) is 0 Å². The summed E-state index contributed by atoms with van der Waals surface area (Å²) in [5.41, 5.74) is 3.92. The molecular weight excluding hydrogens is 248 g/mol. The van der Waals surface area contributed by atoms with E-state index >= 15 is 0 Å². The van der Waals surface area contributed by atoms with Crippen molar-refractivity contribution in [1.29, 1.82) is 0 Å². The first-order valence-electron chi connectivity index (χ1n) is 6.95. The fourth-order valence-electron chi connectivity index (χ4n) is 2.59. The van der Waals surface area contributed by atoms with Gasteiger partial charge in [0.15, 0.2) is 0 Å². The number of aliphatic hydroxyl groups excluding tert-OH is 2. The molecular formula is C18H22O2. The Kier molecular flexibility index (Phi) is 4.58. The van der Waals surface area contributed by atoms with E-state index < -0.39 is 5.41 Å². The number of aryl methyl sites for hydroxylation is 2. The molecule has 0 radical (unpaired) electrons. The summed E-state index contributed by atoms with van der Waals surface area (Å²) in [6, 6.07) is 16.1. The second kappa shape index (κ2) is 6.21. The lowest BCUT2D eigenvalue weighted by Crippen LogP contribution is -2.37. The molecule has 0 heterocycles. The maximum absolute atomic E-state index is 9.89. The molecule has 2 heteroatoms. The van der Waals surface area contributed by atoms with Crippen molar-refractivity contribution < 1.29 is 10.2 Å². The third-order valence-electron chi connectivity index (χ3n) is 4.02. The molecule has 2 nitrogen and oxygen atoms in total. The monoisotopic (exact) mass is 270 g/mol. The van der Waals surface area contributed by atoms with Gasteiger partial charge in [-0.15, -0.1) is 0 Å². The minimum atomic E-state index is -0.625. The highest BCUT2D eigenvalue weighted by Crippen LogP contribution is 2.29. The largest absolute Gasteiger partial charge is 0.395 e. The molecule has 2 aromatic rings. The van der Waals surface area contributed by atoms with Gasteiger partial charge in [0.25, 0.3) is 0 Å². The number of benzene rings is 2. The van der Waals surface area contributed by atoms with E-state index in [0.717, 1.165) is 5.56 Å². The molecule has 0 fully saturated rings. The Balaban J connectivity index is 2.42. The Morgan fingerprint density at radius 1 is 0.900 bits per heavy atom. The maximum Gasteiger partial charge on any atom is 0.0553 e. The number of rotatable bonds is 5. The van der Waals surface area contributed by atoms with E-state index in [2.05, 4.69) is 32.0 Å². The molecule has 0 aromatic heterocycles. The Morgan fingerprint density at radius 2 is 1.55 bits per heavy atom. The van der Waals surface area contributed by atoms with E-state index in [9.17, 15) is 10.2 Å². The first-order valence-corrected chi connectivity index (χ1v) is 6.95. The van der Waals surface area contributed by atoms with Gasteiger partial charge in [0.1, 0.15) is 0 Å². The van der Waals surface area contributed by atoms with Crippen LogP contribution >= 0.6 is 0 Å². The lowest BCUT2D eigenvalue weighted by atomic mass is 9.76. The Hall–Kier alpha value is -1.64. The van der Waals surface area contributed by atoms with Crippen molar-refractivity contribution in [3.63, 3.8) is 0 Å².